The molecule has 2 heterocycles. The molecule has 0 saturated carbocycles. The Morgan fingerprint density at radius 3 is 2.56 bits per heavy atom. The fourth-order valence-corrected chi connectivity index (χ4v) is 2.42. The van der Waals surface area contributed by atoms with Gasteiger partial charge in [-0.05, 0) is 17.7 Å². The van der Waals surface area contributed by atoms with Crippen LogP contribution in [0.25, 0.3) is 5.65 Å². The van der Waals surface area contributed by atoms with Crippen LogP contribution in [0.15, 0.2) is 41.2 Å². The number of aromatic carboxylic acids is 1. The van der Waals surface area contributed by atoms with Crippen LogP contribution in [0.5, 0.6) is 0 Å². The third-order valence-electron chi connectivity index (χ3n) is 3.74. The third kappa shape index (κ3) is 3.68. The van der Waals surface area contributed by atoms with E-state index in [1.54, 1.807) is 24.3 Å². The van der Waals surface area contributed by atoms with Gasteiger partial charge in [-0.25, -0.2) is 19.1 Å². The van der Waals surface area contributed by atoms with E-state index in [-0.39, 0.29) is 23.6 Å². The second-order valence-electron chi connectivity index (χ2n) is 5.52. The third-order valence-corrected chi connectivity index (χ3v) is 3.74. The summed E-state index contributed by atoms with van der Waals surface area (Å²) in [6.07, 6.45) is 0. The van der Waals surface area contributed by atoms with Crippen LogP contribution in [0.1, 0.15) is 36.9 Å². The Balaban J connectivity index is 1.79. The van der Waals surface area contributed by atoms with Crippen LogP contribution in [0.3, 0.4) is 0 Å². The number of fused-ring (bicyclic) bond motifs is 1. The number of carbonyl (C=O) groups excluding carboxylic acids is 2. The maximum absolute atomic E-state index is 12.3. The number of hydrogen-bond donors (Lipinski definition) is 3. The average Bonchev–Trinajstić information content (AvgIpc) is 3.04. The maximum atomic E-state index is 12.3. The lowest BCUT2D eigenvalue weighted by molar-refractivity contribution is 0.0599. The summed E-state index contributed by atoms with van der Waals surface area (Å²) >= 11 is 0. The predicted octanol–water partition coefficient (Wildman–Crippen LogP) is 0.437. The number of aromatic nitrogens is 3. The number of H-pyrrole nitrogens is 1. The molecule has 10 heteroatoms. The molecular weight excluding hydrogens is 356 g/mol. The minimum Gasteiger partial charge on any atom is -0.477 e. The van der Waals surface area contributed by atoms with E-state index in [1.807, 2.05) is 0 Å². The number of hydrogen-bond acceptors (Lipinski definition) is 6. The molecule has 0 unspecified atom stereocenters. The number of esters is 1. The first kappa shape index (κ1) is 17.9. The summed E-state index contributed by atoms with van der Waals surface area (Å²) in [7, 11) is 1.28. The van der Waals surface area contributed by atoms with Gasteiger partial charge in [0.1, 0.15) is 5.69 Å². The van der Waals surface area contributed by atoms with Crippen molar-refractivity contribution in [1.29, 1.82) is 0 Å². The van der Waals surface area contributed by atoms with Crippen molar-refractivity contribution < 1.29 is 24.2 Å². The Morgan fingerprint density at radius 1 is 1.22 bits per heavy atom. The van der Waals surface area contributed by atoms with Gasteiger partial charge in [0.05, 0.1) is 12.7 Å². The molecule has 1 amide bonds. The van der Waals surface area contributed by atoms with Crippen molar-refractivity contribution in [3.05, 3.63) is 69.3 Å². The highest BCUT2D eigenvalue weighted by molar-refractivity contribution is 5.96. The summed E-state index contributed by atoms with van der Waals surface area (Å²) in [6.45, 7) is 0.134. The van der Waals surface area contributed by atoms with Crippen molar-refractivity contribution in [2.75, 3.05) is 7.11 Å². The number of nitrogens with one attached hydrogen (secondary N) is 2. The molecule has 3 N–H and O–H groups in total. The number of aromatic amines is 1. The fraction of sp³-hybridized carbons (Fsp3) is 0.118. The standard InChI is InChI=1S/C17H14N4O6/c1-27-17(26)10-4-2-9(3-5-10)8-18-15(23)11-6-12(16(24)25)21-13(19-11)7-14(22)20-21/h2-7H,8H2,1H3,(H,18,23)(H,20,22)(H,24,25). The summed E-state index contributed by atoms with van der Waals surface area (Å²) in [5.41, 5.74) is 0.144. The molecule has 0 bridgehead atoms. The number of amides is 1. The van der Waals surface area contributed by atoms with Crippen molar-refractivity contribution in [1.82, 2.24) is 19.9 Å². The van der Waals surface area contributed by atoms with Gasteiger partial charge >= 0.3 is 11.9 Å². The van der Waals surface area contributed by atoms with Gasteiger partial charge in [-0.15, -0.1) is 0 Å². The van der Waals surface area contributed by atoms with Crippen LogP contribution in [-0.2, 0) is 11.3 Å². The van der Waals surface area contributed by atoms with Gasteiger partial charge in [0.25, 0.3) is 11.5 Å². The molecule has 10 nitrogen and oxygen atoms in total. The zero-order valence-corrected chi connectivity index (χ0v) is 14.1. The molecule has 2 aromatic heterocycles. The smallest absolute Gasteiger partial charge is 0.354 e. The van der Waals surface area contributed by atoms with E-state index in [1.165, 1.54) is 7.11 Å². The number of nitrogens with zero attached hydrogens (tertiary/aromatic N) is 2. The summed E-state index contributed by atoms with van der Waals surface area (Å²) in [5, 5.41) is 14.2. The van der Waals surface area contributed by atoms with Crippen LogP contribution in [0, 0.1) is 0 Å². The Kier molecular flexibility index (Phi) is 4.71. The summed E-state index contributed by atoms with van der Waals surface area (Å²) in [5.74, 6) is -2.39. The molecule has 1 aromatic carbocycles. The van der Waals surface area contributed by atoms with Crippen LogP contribution in [-0.4, -0.2) is 44.7 Å². The van der Waals surface area contributed by atoms with Crippen molar-refractivity contribution in [3.63, 3.8) is 0 Å². The normalized spacial score (nSPS) is 10.6. The Hall–Kier alpha value is -3.95. The van der Waals surface area contributed by atoms with Crippen molar-refractivity contribution >= 4 is 23.5 Å². The van der Waals surface area contributed by atoms with E-state index in [9.17, 15) is 24.3 Å². The summed E-state index contributed by atoms with van der Waals surface area (Å²) in [6, 6.07) is 8.59. The lowest BCUT2D eigenvalue weighted by Crippen LogP contribution is -2.25. The predicted molar refractivity (Wildman–Crippen MR) is 91.7 cm³/mol. The number of ether oxygens (including phenoxy) is 1. The number of carboxylic acid groups (broad SMARTS) is 1. The van der Waals surface area contributed by atoms with Gasteiger partial charge < -0.3 is 15.2 Å². The molecular formula is C17H14N4O6. The number of carboxylic acids is 1. The highest BCUT2D eigenvalue weighted by atomic mass is 16.5. The van der Waals surface area contributed by atoms with Gasteiger partial charge in [0.15, 0.2) is 11.3 Å². The Morgan fingerprint density at radius 2 is 1.93 bits per heavy atom. The summed E-state index contributed by atoms with van der Waals surface area (Å²) in [4.78, 5) is 50.5. The van der Waals surface area contributed by atoms with Crippen molar-refractivity contribution in [3.8, 4) is 0 Å². The molecule has 0 radical (unpaired) electrons. The molecule has 0 aliphatic rings. The van der Waals surface area contributed by atoms with Crippen LogP contribution in [0.4, 0.5) is 0 Å². The van der Waals surface area contributed by atoms with E-state index in [0.717, 1.165) is 16.6 Å². The van der Waals surface area contributed by atoms with Crippen molar-refractivity contribution in [2.24, 2.45) is 0 Å². The number of carbonyl (C=O) groups is 3. The summed E-state index contributed by atoms with van der Waals surface area (Å²) < 4.78 is 5.60. The van der Waals surface area contributed by atoms with E-state index in [2.05, 4.69) is 20.1 Å². The van der Waals surface area contributed by atoms with Gasteiger partial charge in [-0.2, -0.15) is 0 Å². The molecule has 0 aliphatic carbocycles. The largest absolute Gasteiger partial charge is 0.477 e. The maximum Gasteiger partial charge on any atom is 0.354 e. The second kappa shape index (κ2) is 7.12. The fourth-order valence-electron chi connectivity index (χ4n) is 2.42. The highest BCUT2D eigenvalue weighted by Gasteiger charge is 2.17. The number of rotatable bonds is 5. The molecule has 0 saturated heterocycles. The highest BCUT2D eigenvalue weighted by Crippen LogP contribution is 2.08. The van der Waals surface area contributed by atoms with Crippen LogP contribution in [0.2, 0.25) is 0 Å². The van der Waals surface area contributed by atoms with E-state index < -0.39 is 23.4 Å². The Bertz CT molecular complexity index is 1100. The topological polar surface area (TPSA) is 143 Å². The zero-order valence-electron chi connectivity index (χ0n) is 14.1. The monoisotopic (exact) mass is 370 g/mol. The van der Waals surface area contributed by atoms with Crippen LogP contribution >= 0.6 is 0 Å². The first-order valence-electron chi connectivity index (χ1n) is 7.70. The minimum absolute atomic E-state index is 0.0208. The van der Waals surface area contributed by atoms with E-state index >= 15 is 0 Å². The zero-order chi connectivity index (χ0) is 19.6. The first-order chi connectivity index (χ1) is 12.9. The van der Waals surface area contributed by atoms with Crippen molar-refractivity contribution in [2.45, 2.75) is 6.54 Å². The minimum atomic E-state index is -1.32. The molecule has 27 heavy (non-hydrogen) atoms. The van der Waals surface area contributed by atoms with E-state index in [4.69, 9.17) is 0 Å². The molecule has 0 aliphatic heterocycles. The van der Waals surface area contributed by atoms with Gasteiger partial charge in [-0.1, -0.05) is 12.1 Å². The molecule has 0 fully saturated rings. The van der Waals surface area contributed by atoms with Gasteiger partial charge in [0.2, 0.25) is 0 Å². The van der Waals surface area contributed by atoms with Gasteiger partial charge in [0, 0.05) is 18.7 Å². The SMILES string of the molecule is COC(=O)c1ccc(CNC(=O)c2cc(C(=O)O)n3[nH]c(=O)cc3n2)cc1. The lowest BCUT2D eigenvalue weighted by atomic mass is 10.1. The first-order valence-corrected chi connectivity index (χ1v) is 7.70. The van der Waals surface area contributed by atoms with E-state index in [0.29, 0.717) is 11.1 Å². The Labute approximate surface area is 151 Å². The van der Waals surface area contributed by atoms with Crippen LogP contribution < -0.4 is 10.9 Å². The molecule has 3 aromatic rings. The second-order valence-corrected chi connectivity index (χ2v) is 5.52. The quantitative estimate of drug-likeness (QED) is 0.553. The molecule has 0 atom stereocenters. The molecule has 0 spiro atoms. The molecule has 3 rings (SSSR count). The number of methoxy groups -OCH3 is 1. The van der Waals surface area contributed by atoms with Gasteiger partial charge in [-0.3, -0.25) is 14.7 Å². The average molecular weight is 370 g/mol. The number of benzene rings is 1. The lowest BCUT2D eigenvalue weighted by Gasteiger charge is -2.07. The molecule has 138 valence electrons.